The van der Waals surface area contributed by atoms with Crippen LogP contribution in [0.1, 0.15) is 25.8 Å². The van der Waals surface area contributed by atoms with Gasteiger partial charge in [-0.1, -0.05) is 32.0 Å². The molecule has 3 aromatic rings. The number of Topliss-reactive ketones (excluding diaryl/α,β-unsaturated/α-hetero) is 1. The molecule has 2 aromatic carbocycles. The molecule has 0 saturated carbocycles. The van der Waals surface area contributed by atoms with Gasteiger partial charge in [0.1, 0.15) is 0 Å². The van der Waals surface area contributed by atoms with Crippen LogP contribution in [0.2, 0.25) is 0 Å². The normalized spacial score (nSPS) is 12.8. The Labute approximate surface area is 162 Å². The minimum Gasteiger partial charge on any atom is -0.454 e. The maximum absolute atomic E-state index is 12.7. The third-order valence-electron chi connectivity index (χ3n) is 4.88. The van der Waals surface area contributed by atoms with Crippen LogP contribution < -0.4 is 14.8 Å². The second kappa shape index (κ2) is 6.96. The molecule has 0 fully saturated rings. The van der Waals surface area contributed by atoms with Gasteiger partial charge in [-0.05, 0) is 30.3 Å². The highest BCUT2D eigenvalue weighted by Gasteiger charge is 2.33. The predicted octanol–water partition coefficient (Wildman–Crippen LogP) is 3.84. The monoisotopic (exact) mass is 376 g/mol. The number of hydrogen-bond donors (Lipinski definition) is 1. The number of amides is 1. The van der Waals surface area contributed by atoms with Gasteiger partial charge in [-0.3, -0.25) is 14.6 Å². The minimum absolute atomic E-state index is 0.0433. The first-order valence-corrected chi connectivity index (χ1v) is 9.03. The van der Waals surface area contributed by atoms with Gasteiger partial charge in [-0.15, -0.1) is 0 Å². The van der Waals surface area contributed by atoms with Gasteiger partial charge < -0.3 is 14.8 Å². The summed E-state index contributed by atoms with van der Waals surface area (Å²) in [7, 11) is 0. The van der Waals surface area contributed by atoms with Crippen molar-refractivity contribution in [3.63, 3.8) is 0 Å². The SMILES string of the molecule is CC(C)(CC(=O)C(=O)Nc1cccc2ncccc12)c1cccc2c1OCO2. The molecule has 28 heavy (non-hydrogen) atoms. The molecule has 1 N–H and O–H groups in total. The lowest BCUT2D eigenvalue weighted by Gasteiger charge is -2.25. The molecule has 1 aliphatic rings. The zero-order chi connectivity index (χ0) is 19.7. The maximum Gasteiger partial charge on any atom is 0.291 e. The van der Waals surface area contributed by atoms with E-state index in [1.165, 1.54) is 0 Å². The summed E-state index contributed by atoms with van der Waals surface area (Å²) in [4.78, 5) is 29.5. The van der Waals surface area contributed by atoms with Gasteiger partial charge in [-0.25, -0.2) is 0 Å². The van der Waals surface area contributed by atoms with E-state index in [-0.39, 0.29) is 13.2 Å². The first kappa shape index (κ1) is 18.0. The summed E-state index contributed by atoms with van der Waals surface area (Å²) >= 11 is 0. The number of rotatable bonds is 5. The molecular formula is C22H20N2O4. The average molecular weight is 376 g/mol. The van der Waals surface area contributed by atoms with Crippen molar-refractivity contribution in [2.24, 2.45) is 0 Å². The standard InChI is InChI=1S/C22H20N2O4/c1-22(2,15-7-3-10-19-20(15)28-13-27-19)12-18(25)21(26)24-17-9-4-8-16-14(17)6-5-11-23-16/h3-11H,12-13H2,1-2H3,(H,24,26). The van der Waals surface area contributed by atoms with E-state index in [0.29, 0.717) is 17.2 Å². The Morgan fingerprint density at radius 3 is 2.75 bits per heavy atom. The van der Waals surface area contributed by atoms with E-state index in [1.807, 2.05) is 44.2 Å². The number of anilines is 1. The molecule has 1 aromatic heterocycles. The van der Waals surface area contributed by atoms with Gasteiger partial charge in [0, 0.05) is 29.0 Å². The summed E-state index contributed by atoms with van der Waals surface area (Å²) in [5, 5.41) is 3.52. The summed E-state index contributed by atoms with van der Waals surface area (Å²) in [6, 6.07) is 14.6. The number of hydrogen-bond acceptors (Lipinski definition) is 5. The molecule has 0 spiro atoms. The minimum atomic E-state index is -0.644. The highest BCUT2D eigenvalue weighted by atomic mass is 16.7. The smallest absolute Gasteiger partial charge is 0.291 e. The number of nitrogens with zero attached hydrogens (tertiary/aromatic N) is 1. The van der Waals surface area contributed by atoms with Crippen LogP contribution in [-0.4, -0.2) is 23.5 Å². The van der Waals surface area contributed by atoms with Crippen LogP contribution in [0.5, 0.6) is 11.5 Å². The number of nitrogens with one attached hydrogen (secondary N) is 1. The topological polar surface area (TPSA) is 77.5 Å². The maximum atomic E-state index is 12.7. The van der Waals surface area contributed by atoms with Crippen LogP contribution in [0.3, 0.4) is 0 Å². The number of ether oxygens (including phenoxy) is 2. The van der Waals surface area contributed by atoms with Gasteiger partial charge in [0.15, 0.2) is 11.5 Å². The summed E-state index contributed by atoms with van der Waals surface area (Å²) in [5.74, 6) is 0.156. The van der Waals surface area contributed by atoms with Gasteiger partial charge in [-0.2, -0.15) is 0 Å². The van der Waals surface area contributed by atoms with Crippen molar-refractivity contribution < 1.29 is 19.1 Å². The fourth-order valence-electron chi connectivity index (χ4n) is 3.44. The quantitative estimate of drug-likeness (QED) is 0.685. The fourth-order valence-corrected chi connectivity index (χ4v) is 3.44. The van der Waals surface area contributed by atoms with Crippen molar-refractivity contribution in [3.05, 3.63) is 60.3 Å². The Bertz CT molecular complexity index is 1070. The lowest BCUT2D eigenvalue weighted by atomic mass is 9.79. The molecule has 0 saturated heterocycles. The van der Waals surface area contributed by atoms with E-state index < -0.39 is 17.1 Å². The molecule has 6 nitrogen and oxygen atoms in total. The highest BCUT2D eigenvalue weighted by molar-refractivity contribution is 6.41. The summed E-state index contributed by atoms with van der Waals surface area (Å²) in [6.45, 7) is 3.99. The lowest BCUT2D eigenvalue weighted by Crippen LogP contribution is -2.30. The average Bonchev–Trinajstić information content (AvgIpc) is 3.16. The van der Waals surface area contributed by atoms with E-state index in [4.69, 9.17) is 9.47 Å². The first-order valence-electron chi connectivity index (χ1n) is 9.03. The molecule has 0 bridgehead atoms. The van der Waals surface area contributed by atoms with Crippen LogP contribution in [-0.2, 0) is 15.0 Å². The van der Waals surface area contributed by atoms with Gasteiger partial charge in [0.25, 0.3) is 5.91 Å². The van der Waals surface area contributed by atoms with Gasteiger partial charge in [0.2, 0.25) is 12.6 Å². The molecule has 0 unspecified atom stereocenters. The van der Waals surface area contributed by atoms with Crippen molar-refractivity contribution in [1.82, 2.24) is 4.98 Å². The zero-order valence-electron chi connectivity index (χ0n) is 15.7. The number of carbonyl (C=O) groups is 2. The molecule has 1 amide bonds. The molecule has 4 rings (SSSR count). The van der Waals surface area contributed by atoms with Crippen molar-refractivity contribution >= 4 is 28.3 Å². The Morgan fingerprint density at radius 1 is 1.07 bits per heavy atom. The number of carbonyl (C=O) groups excluding carboxylic acids is 2. The van der Waals surface area contributed by atoms with E-state index in [0.717, 1.165) is 16.5 Å². The molecule has 1 aliphatic heterocycles. The van der Waals surface area contributed by atoms with Crippen molar-refractivity contribution in [2.45, 2.75) is 25.7 Å². The molecule has 0 radical (unpaired) electrons. The third-order valence-corrected chi connectivity index (χ3v) is 4.88. The van der Waals surface area contributed by atoms with E-state index in [9.17, 15) is 9.59 Å². The van der Waals surface area contributed by atoms with Crippen LogP contribution in [0.15, 0.2) is 54.7 Å². The van der Waals surface area contributed by atoms with Crippen LogP contribution in [0.4, 0.5) is 5.69 Å². The second-order valence-corrected chi connectivity index (χ2v) is 7.35. The first-order chi connectivity index (χ1) is 13.5. The fraction of sp³-hybridized carbons (Fsp3) is 0.227. The van der Waals surface area contributed by atoms with Crippen LogP contribution in [0, 0.1) is 0 Å². The highest BCUT2D eigenvalue weighted by Crippen LogP contribution is 2.42. The largest absolute Gasteiger partial charge is 0.454 e. The Kier molecular flexibility index (Phi) is 4.47. The van der Waals surface area contributed by atoms with Crippen molar-refractivity contribution in [2.75, 3.05) is 12.1 Å². The van der Waals surface area contributed by atoms with Crippen LogP contribution >= 0.6 is 0 Å². The summed E-state index contributed by atoms with van der Waals surface area (Å²) < 4.78 is 11.0. The summed E-state index contributed by atoms with van der Waals surface area (Å²) in [6.07, 6.45) is 1.73. The summed E-state index contributed by atoms with van der Waals surface area (Å²) in [5.41, 5.74) is 1.58. The molecule has 0 aliphatic carbocycles. The van der Waals surface area contributed by atoms with Crippen LogP contribution in [0.25, 0.3) is 10.9 Å². The number of pyridine rings is 1. The van der Waals surface area contributed by atoms with E-state index >= 15 is 0 Å². The molecule has 2 heterocycles. The lowest BCUT2D eigenvalue weighted by molar-refractivity contribution is -0.135. The van der Waals surface area contributed by atoms with Gasteiger partial charge >= 0.3 is 0 Å². The predicted molar refractivity (Wildman–Crippen MR) is 106 cm³/mol. The van der Waals surface area contributed by atoms with Gasteiger partial charge in [0.05, 0.1) is 11.2 Å². The molecular weight excluding hydrogens is 356 g/mol. The number of aromatic nitrogens is 1. The van der Waals surface area contributed by atoms with Crippen molar-refractivity contribution in [1.29, 1.82) is 0 Å². The van der Waals surface area contributed by atoms with Crippen molar-refractivity contribution in [3.8, 4) is 11.5 Å². The number of fused-ring (bicyclic) bond motifs is 2. The number of benzene rings is 2. The molecule has 0 atom stereocenters. The van der Waals surface area contributed by atoms with E-state index in [1.54, 1.807) is 24.4 Å². The Hall–Kier alpha value is -3.41. The third kappa shape index (κ3) is 3.29. The van der Waals surface area contributed by atoms with E-state index in [2.05, 4.69) is 10.3 Å². The number of para-hydroxylation sites is 1. The molecule has 142 valence electrons. The zero-order valence-corrected chi connectivity index (χ0v) is 15.7. The second-order valence-electron chi connectivity index (χ2n) is 7.35. The number of ketones is 1. The molecule has 6 heteroatoms. The Balaban J connectivity index is 1.53. The Morgan fingerprint density at radius 2 is 1.89 bits per heavy atom.